The van der Waals surface area contributed by atoms with Crippen molar-refractivity contribution in [1.82, 2.24) is 5.32 Å². The quantitative estimate of drug-likeness (QED) is 0.845. The van der Waals surface area contributed by atoms with E-state index in [1.54, 1.807) is 6.07 Å². The van der Waals surface area contributed by atoms with E-state index in [-0.39, 0.29) is 10.6 Å². The van der Waals surface area contributed by atoms with Gasteiger partial charge >= 0.3 is 6.18 Å². The number of benzene rings is 1. The Labute approximate surface area is 121 Å². The van der Waals surface area contributed by atoms with Crippen molar-refractivity contribution in [3.05, 3.63) is 28.8 Å². The predicted octanol–water partition coefficient (Wildman–Crippen LogP) is 3.94. The lowest BCUT2D eigenvalue weighted by molar-refractivity contribution is -0.137. The highest BCUT2D eigenvalue weighted by Gasteiger charge is 2.32. The molecule has 0 amide bonds. The molecule has 1 heterocycles. The number of halogens is 4. The zero-order valence-corrected chi connectivity index (χ0v) is 12.3. The van der Waals surface area contributed by atoms with Crippen LogP contribution in [0.15, 0.2) is 18.2 Å². The average molecular weight is 307 g/mol. The van der Waals surface area contributed by atoms with Crippen LogP contribution in [0.1, 0.15) is 25.8 Å². The first-order valence-corrected chi connectivity index (χ1v) is 6.93. The van der Waals surface area contributed by atoms with Crippen molar-refractivity contribution in [2.24, 2.45) is 0 Å². The maximum Gasteiger partial charge on any atom is 0.416 e. The van der Waals surface area contributed by atoms with Crippen LogP contribution in [-0.4, -0.2) is 25.2 Å². The molecule has 2 rings (SSSR count). The van der Waals surface area contributed by atoms with Crippen LogP contribution in [-0.2, 0) is 6.18 Å². The molecule has 1 fully saturated rings. The first kappa shape index (κ1) is 15.4. The van der Waals surface area contributed by atoms with Crippen LogP contribution in [0, 0.1) is 0 Å². The second-order valence-corrected chi connectivity index (χ2v) is 6.22. The lowest BCUT2D eigenvalue weighted by Crippen LogP contribution is -2.46. The first-order chi connectivity index (χ1) is 9.17. The van der Waals surface area contributed by atoms with Crippen LogP contribution in [0.25, 0.3) is 0 Å². The summed E-state index contributed by atoms with van der Waals surface area (Å²) in [6.07, 6.45) is -3.49. The van der Waals surface area contributed by atoms with E-state index in [2.05, 4.69) is 5.32 Å². The highest BCUT2D eigenvalue weighted by atomic mass is 35.5. The highest BCUT2D eigenvalue weighted by Crippen LogP contribution is 2.34. The number of alkyl halides is 3. The fraction of sp³-hybridized carbons (Fsp3) is 0.571. The lowest BCUT2D eigenvalue weighted by atomic mass is 10.0. The monoisotopic (exact) mass is 306 g/mol. The van der Waals surface area contributed by atoms with E-state index in [4.69, 9.17) is 11.6 Å². The van der Waals surface area contributed by atoms with Gasteiger partial charge in [-0.05, 0) is 45.0 Å². The molecular weight excluding hydrogens is 289 g/mol. The molecule has 1 aromatic carbocycles. The van der Waals surface area contributed by atoms with E-state index in [1.165, 1.54) is 6.07 Å². The molecule has 0 unspecified atom stereocenters. The maximum atomic E-state index is 12.9. The topological polar surface area (TPSA) is 15.3 Å². The molecule has 1 aliphatic rings. The van der Waals surface area contributed by atoms with Crippen molar-refractivity contribution >= 4 is 17.3 Å². The summed E-state index contributed by atoms with van der Waals surface area (Å²) in [4.78, 5) is 1.96. The summed E-state index contributed by atoms with van der Waals surface area (Å²) in [5.41, 5.74) is -0.311. The zero-order valence-electron chi connectivity index (χ0n) is 11.5. The maximum absolute atomic E-state index is 12.9. The van der Waals surface area contributed by atoms with Gasteiger partial charge in [0.05, 0.1) is 5.56 Å². The van der Waals surface area contributed by atoms with E-state index >= 15 is 0 Å². The molecule has 112 valence electrons. The molecule has 2 nitrogen and oxygen atoms in total. The number of anilines is 1. The Balaban J connectivity index is 2.34. The molecule has 1 N–H and O–H groups in total. The Morgan fingerprint density at radius 1 is 1.25 bits per heavy atom. The summed E-state index contributed by atoms with van der Waals surface area (Å²) in [6, 6.07) is 3.73. The van der Waals surface area contributed by atoms with E-state index in [9.17, 15) is 13.2 Å². The molecule has 1 aliphatic heterocycles. The van der Waals surface area contributed by atoms with E-state index < -0.39 is 11.7 Å². The van der Waals surface area contributed by atoms with Crippen LogP contribution >= 0.6 is 11.6 Å². The van der Waals surface area contributed by atoms with Gasteiger partial charge in [-0.3, -0.25) is 0 Å². The summed E-state index contributed by atoms with van der Waals surface area (Å²) < 4.78 is 38.6. The van der Waals surface area contributed by atoms with Gasteiger partial charge in [0.15, 0.2) is 0 Å². The molecule has 1 aromatic rings. The van der Waals surface area contributed by atoms with Gasteiger partial charge in [0.1, 0.15) is 0 Å². The standard InChI is InChI=1S/C14H18ClF3N2/c1-13(2)9-20(5-3-4-19-13)12-7-10(14(16,17)18)6-11(15)8-12/h6-8,19H,3-5,9H2,1-2H3. The van der Waals surface area contributed by atoms with Crippen LogP contribution in [0.4, 0.5) is 18.9 Å². The molecule has 20 heavy (non-hydrogen) atoms. The number of nitrogens with zero attached hydrogens (tertiary/aromatic N) is 1. The Kier molecular flexibility index (Phi) is 4.21. The van der Waals surface area contributed by atoms with Crippen molar-refractivity contribution in [1.29, 1.82) is 0 Å². The third-order valence-electron chi connectivity index (χ3n) is 3.37. The van der Waals surface area contributed by atoms with Gasteiger partial charge in [0.25, 0.3) is 0 Å². The van der Waals surface area contributed by atoms with Crippen molar-refractivity contribution in [2.45, 2.75) is 32.0 Å². The summed E-state index contributed by atoms with van der Waals surface area (Å²) in [7, 11) is 0. The molecule has 0 aromatic heterocycles. The summed E-state index contributed by atoms with van der Waals surface area (Å²) >= 11 is 5.84. The van der Waals surface area contributed by atoms with E-state index in [0.29, 0.717) is 18.8 Å². The third-order valence-corrected chi connectivity index (χ3v) is 3.59. The minimum absolute atomic E-state index is 0.116. The zero-order chi connectivity index (χ0) is 15.0. The molecule has 0 aliphatic carbocycles. The fourth-order valence-corrected chi connectivity index (χ4v) is 2.68. The molecule has 0 bridgehead atoms. The van der Waals surface area contributed by atoms with Gasteiger partial charge in [-0.15, -0.1) is 0 Å². The van der Waals surface area contributed by atoms with Crippen molar-refractivity contribution in [2.75, 3.05) is 24.5 Å². The van der Waals surface area contributed by atoms with E-state index in [1.807, 2.05) is 18.7 Å². The van der Waals surface area contributed by atoms with Gasteiger partial charge in [0.2, 0.25) is 0 Å². The van der Waals surface area contributed by atoms with Crippen LogP contribution in [0.2, 0.25) is 5.02 Å². The van der Waals surface area contributed by atoms with Crippen LogP contribution < -0.4 is 10.2 Å². The fourth-order valence-electron chi connectivity index (χ4n) is 2.45. The minimum atomic E-state index is -4.38. The molecule has 0 atom stereocenters. The summed E-state index contributed by atoms with van der Waals surface area (Å²) in [5, 5.41) is 3.50. The Morgan fingerprint density at radius 2 is 1.95 bits per heavy atom. The number of hydrogen-bond donors (Lipinski definition) is 1. The largest absolute Gasteiger partial charge is 0.416 e. The Morgan fingerprint density at radius 3 is 2.60 bits per heavy atom. The van der Waals surface area contributed by atoms with Gasteiger partial charge in [-0.25, -0.2) is 0 Å². The van der Waals surface area contributed by atoms with Crippen molar-refractivity contribution < 1.29 is 13.2 Å². The lowest BCUT2D eigenvalue weighted by Gasteiger charge is -2.32. The normalized spacial score (nSPS) is 19.8. The first-order valence-electron chi connectivity index (χ1n) is 6.55. The minimum Gasteiger partial charge on any atom is -0.370 e. The van der Waals surface area contributed by atoms with Gasteiger partial charge < -0.3 is 10.2 Å². The number of hydrogen-bond acceptors (Lipinski definition) is 2. The second kappa shape index (κ2) is 5.45. The Hall–Kier alpha value is -0.940. The van der Waals surface area contributed by atoms with Gasteiger partial charge in [0, 0.05) is 29.3 Å². The predicted molar refractivity (Wildman–Crippen MR) is 75.4 cm³/mol. The third kappa shape index (κ3) is 3.79. The Bertz CT molecular complexity index is 486. The summed E-state index contributed by atoms with van der Waals surface area (Å²) in [6.45, 7) is 6.30. The average Bonchev–Trinajstić information content (AvgIpc) is 2.48. The molecule has 0 spiro atoms. The molecule has 6 heteroatoms. The van der Waals surface area contributed by atoms with Gasteiger partial charge in [-0.1, -0.05) is 11.6 Å². The smallest absolute Gasteiger partial charge is 0.370 e. The van der Waals surface area contributed by atoms with Gasteiger partial charge in [-0.2, -0.15) is 13.2 Å². The second-order valence-electron chi connectivity index (χ2n) is 5.78. The summed E-state index contributed by atoms with van der Waals surface area (Å²) in [5.74, 6) is 0. The molecular formula is C14H18ClF3N2. The highest BCUT2D eigenvalue weighted by molar-refractivity contribution is 6.30. The number of rotatable bonds is 1. The molecule has 0 radical (unpaired) electrons. The van der Waals surface area contributed by atoms with Crippen LogP contribution in [0.3, 0.4) is 0 Å². The molecule has 1 saturated heterocycles. The SMILES string of the molecule is CC1(C)CN(c2cc(Cl)cc(C(F)(F)F)c2)CCCN1. The van der Waals surface area contributed by atoms with E-state index in [0.717, 1.165) is 19.0 Å². The van der Waals surface area contributed by atoms with Crippen molar-refractivity contribution in [3.63, 3.8) is 0 Å². The van der Waals surface area contributed by atoms with Crippen LogP contribution in [0.5, 0.6) is 0 Å². The number of nitrogens with one attached hydrogen (secondary N) is 1. The van der Waals surface area contributed by atoms with Crippen molar-refractivity contribution in [3.8, 4) is 0 Å². The molecule has 0 saturated carbocycles.